The molecule has 5 nitrogen and oxygen atoms in total. The molecule has 0 fully saturated rings. The Labute approximate surface area is 171 Å². The zero-order valence-corrected chi connectivity index (χ0v) is 17.5. The number of anilines is 1. The van der Waals surface area contributed by atoms with Crippen LogP contribution in [0.25, 0.3) is 0 Å². The summed E-state index contributed by atoms with van der Waals surface area (Å²) in [5.41, 5.74) is 3.83. The molecule has 0 bridgehead atoms. The molecule has 150 valence electrons. The molecule has 0 aliphatic heterocycles. The number of hydrogen-bond donors (Lipinski definition) is 2. The minimum atomic E-state index is -3.79. The SMILES string of the molecule is Cc1ccc([C@H](C)NC(=O)c2ccccc2NS(=O)(=O)c2ccccc2)cc1C. The second-order valence-corrected chi connectivity index (χ2v) is 8.69. The number of hydrogen-bond acceptors (Lipinski definition) is 3. The lowest BCUT2D eigenvalue weighted by Crippen LogP contribution is -2.28. The van der Waals surface area contributed by atoms with E-state index in [0.29, 0.717) is 0 Å². The van der Waals surface area contributed by atoms with Crippen LogP contribution in [-0.4, -0.2) is 14.3 Å². The third-order valence-corrected chi connectivity index (χ3v) is 6.23. The van der Waals surface area contributed by atoms with E-state index in [1.165, 1.54) is 17.7 Å². The molecular formula is C23H24N2O3S. The highest BCUT2D eigenvalue weighted by molar-refractivity contribution is 7.92. The standard InChI is InChI=1S/C23H24N2O3S/c1-16-13-14-19(15-17(16)2)18(3)24-23(26)21-11-7-8-12-22(21)25-29(27,28)20-9-5-4-6-10-20/h4-15,18,25H,1-3H3,(H,24,26)/t18-/m0/s1. The Kier molecular flexibility index (Phi) is 6.03. The van der Waals surface area contributed by atoms with Crippen LogP contribution in [0.3, 0.4) is 0 Å². The second-order valence-electron chi connectivity index (χ2n) is 7.00. The number of para-hydroxylation sites is 1. The van der Waals surface area contributed by atoms with Crippen molar-refractivity contribution in [1.82, 2.24) is 5.32 Å². The predicted octanol–water partition coefficient (Wildman–Crippen LogP) is 4.60. The molecule has 0 aliphatic carbocycles. The molecule has 0 aliphatic rings. The highest BCUT2D eigenvalue weighted by Gasteiger charge is 2.19. The van der Waals surface area contributed by atoms with E-state index in [-0.39, 0.29) is 28.1 Å². The summed E-state index contributed by atoms with van der Waals surface area (Å²) in [5.74, 6) is -0.345. The topological polar surface area (TPSA) is 75.3 Å². The molecule has 0 saturated carbocycles. The summed E-state index contributed by atoms with van der Waals surface area (Å²) in [7, 11) is -3.79. The number of nitrogens with one attached hydrogen (secondary N) is 2. The molecule has 1 amide bonds. The van der Waals surface area contributed by atoms with Crippen molar-refractivity contribution in [3.05, 3.63) is 95.1 Å². The Morgan fingerprint density at radius 2 is 1.52 bits per heavy atom. The molecule has 0 unspecified atom stereocenters. The molecule has 0 heterocycles. The van der Waals surface area contributed by atoms with Crippen LogP contribution in [-0.2, 0) is 10.0 Å². The van der Waals surface area contributed by atoms with Crippen LogP contribution in [0.2, 0.25) is 0 Å². The van der Waals surface area contributed by atoms with E-state index in [2.05, 4.69) is 10.0 Å². The van der Waals surface area contributed by atoms with Gasteiger partial charge in [0.25, 0.3) is 15.9 Å². The van der Waals surface area contributed by atoms with Gasteiger partial charge in [0.15, 0.2) is 0 Å². The van der Waals surface area contributed by atoms with E-state index < -0.39 is 10.0 Å². The summed E-state index contributed by atoms with van der Waals surface area (Å²) in [4.78, 5) is 13.0. The number of carbonyl (C=O) groups excluding carboxylic acids is 1. The van der Waals surface area contributed by atoms with E-state index in [0.717, 1.165) is 11.1 Å². The van der Waals surface area contributed by atoms with Gasteiger partial charge in [-0.15, -0.1) is 0 Å². The van der Waals surface area contributed by atoms with E-state index >= 15 is 0 Å². The van der Waals surface area contributed by atoms with Gasteiger partial charge in [0.1, 0.15) is 0 Å². The number of benzene rings is 3. The number of carbonyl (C=O) groups is 1. The van der Waals surface area contributed by atoms with Crippen molar-refractivity contribution in [2.45, 2.75) is 31.7 Å². The average Bonchev–Trinajstić information content (AvgIpc) is 2.70. The molecule has 6 heteroatoms. The molecule has 0 spiro atoms. The summed E-state index contributed by atoms with van der Waals surface area (Å²) >= 11 is 0. The minimum absolute atomic E-state index is 0.138. The van der Waals surface area contributed by atoms with Crippen molar-refractivity contribution in [2.75, 3.05) is 4.72 Å². The van der Waals surface area contributed by atoms with Crippen LogP contribution in [0.4, 0.5) is 5.69 Å². The Bertz CT molecular complexity index is 1130. The fraction of sp³-hybridized carbons (Fsp3) is 0.174. The lowest BCUT2D eigenvalue weighted by molar-refractivity contribution is 0.0941. The van der Waals surface area contributed by atoms with Crippen molar-refractivity contribution in [3.63, 3.8) is 0 Å². The van der Waals surface area contributed by atoms with Crippen LogP contribution in [0.15, 0.2) is 77.7 Å². The zero-order valence-electron chi connectivity index (χ0n) is 16.6. The molecule has 29 heavy (non-hydrogen) atoms. The van der Waals surface area contributed by atoms with Crippen molar-refractivity contribution in [1.29, 1.82) is 0 Å². The lowest BCUT2D eigenvalue weighted by atomic mass is 10.0. The maximum absolute atomic E-state index is 12.9. The van der Waals surface area contributed by atoms with Gasteiger partial charge in [0, 0.05) is 0 Å². The Morgan fingerprint density at radius 1 is 0.862 bits per heavy atom. The Morgan fingerprint density at radius 3 is 2.21 bits per heavy atom. The molecule has 3 aromatic rings. The van der Waals surface area contributed by atoms with Gasteiger partial charge in [0.05, 0.1) is 22.2 Å². The van der Waals surface area contributed by atoms with Gasteiger partial charge >= 0.3 is 0 Å². The molecule has 0 radical (unpaired) electrons. The van der Waals surface area contributed by atoms with Crippen molar-refractivity contribution >= 4 is 21.6 Å². The van der Waals surface area contributed by atoms with Crippen LogP contribution in [0, 0.1) is 13.8 Å². The first kappa shape index (κ1) is 20.6. The summed E-state index contributed by atoms with van der Waals surface area (Å²) in [6, 6.07) is 20.5. The van der Waals surface area contributed by atoms with Crippen LogP contribution in [0.1, 0.15) is 40.0 Å². The fourth-order valence-electron chi connectivity index (χ4n) is 2.97. The van der Waals surface area contributed by atoms with E-state index in [9.17, 15) is 13.2 Å². The van der Waals surface area contributed by atoms with E-state index in [4.69, 9.17) is 0 Å². The molecule has 3 aromatic carbocycles. The van der Waals surface area contributed by atoms with Crippen LogP contribution >= 0.6 is 0 Å². The van der Waals surface area contributed by atoms with E-state index in [1.54, 1.807) is 42.5 Å². The number of sulfonamides is 1. The molecule has 0 aromatic heterocycles. The molecule has 1 atom stereocenters. The third-order valence-electron chi connectivity index (χ3n) is 4.85. The van der Waals surface area contributed by atoms with Crippen LogP contribution in [0.5, 0.6) is 0 Å². The number of rotatable bonds is 6. The third kappa shape index (κ3) is 4.84. The predicted molar refractivity (Wildman–Crippen MR) is 115 cm³/mol. The summed E-state index contributed by atoms with van der Waals surface area (Å²) in [6.07, 6.45) is 0. The maximum Gasteiger partial charge on any atom is 0.261 e. The quantitative estimate of drug-likeness (QED) is 0.626. The zero-order chi connectivity index (χ0) is 21.0. The van der Waals surface area contributed by atoms with Gasteiger partial charge in [0.2, 0.25) is 0 Å². The maximum atomic E-state index is 12.9. The van der Waals surface area contributed by atoms with Gasteiger partial charge < -0.3 is 5.32 Å². The second kappa shape index (κ2) is 8.49. The summed E-state index contributed by atoms with van der Waals surface area (Å²) < 4.78 is 27.8. The largest absolute Gasteiger partial charge is 0.345 e. The fourth-order valence-corrected chi connectivity index (χ4v) is 4.07. The highest BCUT2D eigenvalue weighted by atomic mass is 32.2. The van der Waals surface area contributed by atoms with Gasteiger partial charge in [-0.1, -0.05) is 48.5 Å². The van der Waals surface area contributed by atoms with E-state index in [1.807, 2.05) is 39.0 Å². The lowest BCUT2D eigenvalue weighted by Gasteiger charge is -2.18. The minimum Gasteiger partial charge on any atom is -0.345 e. The molecule has 3 rings (SSSR count). The monoisotopic (exact) mass is 408 g/mol. The summed E-state index contributed by atoms with van der Waals surface area (Å²) in [6.45, 7) is 5.97. The normalized spacial score (nSPS) is 12.2. The average molecular weight is 409 g/mol. The van der Waals surface area contributed by atoms with Gasteiger partial charge in [-0.3, -0.25) is 9.52 Å². The van der Waals surface area contributed by atoms with Crippen LogP contribution < -0.4 is 10.0 Å². The molecule has 2 N–H and O–H groups in total. The van der Waals surface area contributed by atoms with Gasteiger partial charge in [-0.25, -0.2) is 8.42 Å². The molecular weight excluding hydrogens is 384 g/mol. The highest BCUT2D eigenvalue weighted by Crippen LogP contribution is 2.22. The van der Waals surface area contributed by atoms with Gasteiger partial charge in [-0.2, -0.15) is 0 Å². The number of aryl methyl sites for hydroxylation is 2. The first-order chi connectivity index (χ1) is 13.8. The number of amides is 1. The first-order valence-corrected chi connectivity index (χ1v) is 10.8. The first-order valence-electron chi connectivity index (χ1n) is 9.33. The van der Waals surface area contributed by atoms with Crippen molar-refractivity contribution in [2.24, 2.45) is 0 Å². The van der Waals surface area contributed by atoms with Gasteiger partial charge in [-0.05, 0) is 61.7 Å². The van der Waals surface area contributed by atoms with Crippen molar-refractivity contribution < 1.29 is 13.2 Å². The Hall–Kier alpha value is -3.12. The van der Waals surface area contributed by atoms with Crippen molar-refractivity contribution in [3.8, 4) is 0 Å². The smallest absolute Gasteiger partial charge is 0.261 e. The summed E-state index contributed by atoms with van der Waals surface area (Å²) in [5, 5.41) is 2.95. The molecule has 0 saturated heterocycles. The Balaban J connectivity index is 1.82.